The minimum Gasteiger partial charge on any atom is -0.383 e. The lowest BCUT2D eigenvalue weighted by molar-refractivity contribution is 0.104. The molecule has 1 aromatic rings. The van der Waals surface area contributed by atoms with E-state index in [0.717, 1.165) is 18.9 Å². The summed E-state index contributed by atoms with van der Waals surface area (Å²) < 4.78 is 5.31. The van der Waals surface area contributed by atoms with Gasteiger partial charge in [0.05, 0.1) is 13.2 Å². The molecular weight excluding hydrogens is 278 g/mol. The van der Waals surface area contributed by atoms with Crippen molar-refractivity contribution in [3.63, 3.8) is 0 Å². The van der Waals surface area contributed by atoms with Crippen molar-refractivity contribution in [1.82, 2.24) is 9.88 Å². The Morgan fingerprint density at radius 3 is 2.75 bits per heavy atom. The largest absolute Gasteiger partial charge is 0.383 e. The third kappa shape index (κ3) is 3.95. The van der Waals surface area contributed by atoms with Gasteiger partial charge in [-0.2, -0.15) is 0 Å². The minimum atomic E-state index is -0.157. The lowest BCUT2D eigenvalue weighted by Gasteiger charge is -2.28. The SMILES string of the molecule is CN(C)C=CC(=O)c1cc(Cl)cc(N2CCOCC2)n1. The Morgan fingerprint density at radius 1 is 1.40 bits per heavy atom. The maximum Gasteiger partial charge on any atom is 0.205 e. The summed E-state index contributed by atoms with van der Waals surface area (Å²) in [5, 5.41) is 0.517. The smallest absolute Gasteiger partial charge is 0.205 e. The number of ether oxygens (including phenoxy) is 1. The number of anilines is 1. The van der Waals surface area contributed by atoms with Crippen molar-refractivity contribution >= 4 is 23.2 Å². The highest BCUT2D eigenvalue weighted by Crippen LogP contribution is 2.20. The number of rotatable bonds is 4. The molecular formula is C14H18ClN3O2. The molecule has 0 atom stereocenters. The summed E-state index contributed by atoms with van der Waals surface area (Å²) >= 11 is 6.09. The Balaban J connectivity index is 2.21. The number of ketones is 1. The monoisotopic (exact) mass is 295 g/mol. The second-order valence-corrected chi connectivity index (χ2v) is 5.21. The fraction of sp³-hybridized carbons (Fsp3) is 0.429. The molecule has 0 bridgehead atoms. The van der Waals surface area contributed by atoms with Crippen LogP contribution >= 0.6 is 11.6 Å². The summed E-state index contributed by atoms with van der Waals surface area (Å²) in [7, 11) is 3.71. The molecule has 1 aromatic heterocycles. The van der Waals surface area contributed by atoms with Gasteiger partial charge in [0.1, 0.15) is 11.5 Å². The van der Waals surface area contributed by atoms with Gasteiger partial charge in [0, 0.05) is 44.5 Å². The van der Waals surface area contributed by atoms with Crippen LogP contribution in [0.25, 0.3) is 0 Å². The van der Waals surface area contributed by atoms with Crippen molar-refractivity contribution in [3.05, 3.63) is 35.1 Å². The number of morpholine rings is 1. The zero-order valence-corrected chi connectivity index (χ0v) is 12.4. The number of aromatic nitrogens is 1. The third-order valence-electron chi connectivity index (χ3n) is 2.89. The highest BCUT2D eigenvalue weighted by Gasteiger charge is 2.15. The molecule has 20 heavy (non-hydrogen) atoms. The van der Waals surface area contributed by atoms with Gasteiger partial charge >= 0.3 is 0 Å². The minimum absolute atomic E-state index is 0.157. The van der Waals surface area contributed by atoms with Gasteiger partial charge in [-0.3, -0.25) is 4.79 Å². The van der Waals surface area contributed by atoms with E-state index < -0.39 is 0 Å². The number of halogens is 1. The van der Waals surface area contributed by atoms with E-state index in [1.54, 1.807) is 23.2 Å². The zero-order chi connectivity index (χ0) is 14.5. The van der Waals surface area contributed by atoms with Crippen LogP contribution in [0.2, 0.25) is 5.02 Å². The number of hydrogen-bond donors (Lipinski definition) is 0. The summed E-state index contributed by atoms with van der Waals surface area (Å²) in [6, 6.07) is 3.37. The lowest BCUT2D eigenvalue weighted by atomic mass is 10.2. The van der Waals surface area contributed by atoms with Crippen LogP contribution in [0.5, 0.6) is 0 Å². The average Bonchev–Trinajstić information content (AvgIpc) is 2.45. The fourth-order valence-corrected chi connectivity index (χ4v) is 2.07. The average molecular weight is 296 g/mol. The standard InChI is InChI=1S/C14H18ClN3O2/c1-17(2)4-3-13(19)12-9-11(15)10-14(16-12)18-5-7-20-8-6-18/h3-4,9-10H,5-8H2,1-2H3. The van der Waals surface area contributed by atoms with Crippen molar-refractivity contribution in [2.24, 2.45) is 0 Å². The van der Waals surface area contributed by atoms with E-state index in [2.05, 4.69) is 9.88 Å². The molecule has 0 N–H and O–H groups in total. The molecule has 0 unspecified atom stereocenters. The van der Waals surface area contributed by atoms with Gasteiger partial charge in [-0.15, -0.1) is 0 Å². The Bertz CT molecular complexity index is 511. The Morgan fingerprint density at radius 2 is 2.10 bits per heavy atom. The summed E-state index contributed by atoms with van der Waals surface area (Å²) in [6.07, 6.45) is 3.18. The fourth-order valence-electron chi connectivity index (χ4n) is 1.87. The second-order valence-electron chi connectivity index (χ2n) is 4.77. The number of carbonyl (C=O) groups excluding carboxylic acids is 1. The molecule has 0 aliphatic carbocycles. The lowest BCUT2D eigenvalue weighted by Crippen LogP contribution is -2.36. The number of carbonyl (C=O) groups is 1. The molecule has 108 valence electrons. The van der Waals surface area contributed by atoms with Gasteiger partial charge in [0.15, 0.2) is 0 Å². The molecule has 0 amide bonds. The van der Waals surface area contributed by atoms with Crippen LogP contribution in [0.1, 0.15) is 10.5 Å². The van der Waals surface area contributed by atoms with Gasteiger partial charge in [0.25, 0.3) is 0 Å². The highest BCUT2D eigenvalue weighted by molar-refractivity contribution is 6.31. The molecule has 0 aromatic carbocycles. The molecule has 2 heterocycles. The highest BCUT2D eigenvalue weighted by atomic mass is 35.5. The maximum atomic E-state index is 12.1. The molecule has 0 radical (unpaired) electrons. The summed E-state index contributed by atoms with van der Waals surface area (Å²) in [4.78, 5) is 20.3. The van der Waals surface area contributed by atoms with Crippen LogP contribution in [0.4, 0.5) is 5.82 Å². The molecule has 0 saturated carbocycles. The van der Waals surface area contributed by atoms with Gasteiger partial charge in [-0.25, -0.2) is 4.98 Å². The van der Waals surface area contributed by atoms with E-state index in [4.69, 9.17) is 16.3 Å². The maximum absolute atomic E-state index is 12.1. The van der Waals surface area contributed by atoms with E-state index in [9.17, 15) is 4.79 Å². The van der Waals surface area contributed by atoms with Gasteiger partial charge in [-0.1, -0.05) is 11.6 Å². The van der Waals surface area contributed by atoms with E-state index in [1.165, 1.54) is 6.08 Å². The van der Waals surface area contributed by atoms with Gasteiger partial charge < -0.3 is 14.5 Å². The second kappa shape index (κ2) is 6.72. The molecule has 1 aliphatic rings. The van der Waals surface area contributed by atoms with Crippen molar-refractivity contribution in [3.8, 4) is 0 Å². The van der Waals surface area contributed by atoms with Crippen LogP contribution < -0.4 is 4.90 Å². The number of pyridine rings is 1. The first-order chi connectivity index (χ1) is 9.56. The van der Waals surface area contributed by atoms with Gasteiger partial charge in [0.2, 0.25) is 5.78 Å². The van der Waals surface area contributed by atoms with Crippen LogP contribution in [0.15, 0.2) is 24.4 Å². The molecule has 1 fully saturated rings. The van der Waals surface area contributed by atoms with E-state index >= 15 is 0 Å². The van der Waals surface area contributed by atoms with E-state index in [-0.39, 0.29) is 5.78 Å². The first kappa shape index (κ1) is 14.8. The summed E-state index contributed by atoms with van der Waals surface area (Å²) in [6.45, 7) is 2.85. The van der Waals surface area contributed by atoms with Crippen LogP contribution in [0, 0.1) is 0 Å². The van der Waals surface area contributed by atoms with Crippen LogP contribution in [-0.4, -0.2) is 56.1 Å². The first-order valence-electron chi connectivity index (χ1n) is 6.45. The third-order valence-corrected chi connectivity index (χ3v) is 3.11. The molecule has 1 aliphatic heterocycles. The Hall–Kier alpha value is -1.59. The predicted octanol–water partition coefficient (Wildman–Crippen LogP) is 1.83. The Labute approximate surface area is 123 Å². The van der Waals surface area contributed by atoms with E-state index in [1.807, 2.05) is 14.1 Å². The van der Waals surface area contributed by atoms with Crippen LogP contribution in [0.3, 0.4) is 0 Å². The van der Waals surface area contributed by atoms with Crippen molar-refractivity contribution in [1.29, 1.82) is 0 Å². The molecule has 1 saturated heterocycles. The predicted molar refractivity (Wildman–Crippen MR) is 79.4 cm³/mol. The van der Waals surface area contributed by atoms with Crippen molar-refractivity contribution in [2.75, 3.05) is 45.3 Å². The normalized spacial score (nSPS) is 15.7. The Kier molecular flexibility index (Phi) is 4.98. The number of hydrogen-bond acceptors (Lipinski definition) is 5. The summed E-state index contributed by atoms with van der Waals surface area (Å²) in [5.74, 6) is 0.568. The van der Waals surface area contributed by atoms with Crippen molar-refractivity contribution < 1.29 is 9.53 Å². The molecule has 2 rings (SSSR count). The van der Waals surface area contributed by atoms with Crippen LogP contribution in [-0.2, 0) is 4.74 Å². The summed E-state index contributed by atoms with van der Waals surface area (Å²) in [5.41, 5.74) is 0.358. The molecule has 0 spiro atoms. The van der Waals surface area contributed by atoms with E-state index in [0.29, 0.717) is 23.9 Å². The number of nitrogens with zero attached hydrogens (tertiary/aromatic N) is 3. The quantitative estimate of drug-likeness (QED) is 0.626. The first-order valence-corrected chi connectivity index (χ1v) is 6.83. The zero-order valence-electron chi connectivity index (χ0n) is 11.7. The van der Waals surface area contributed by atoms with Crippen molar-refractivity contribution in [2.45, 2.75) is 0 Å². The number of allylic oxidation sites excluding steroid dienone is 1. The molecule has 5 nitrogen and oxygen atoms in total. The topological polar surface area (TPSA) is 45.7 Å². The molecule has 6 heteroatoms. The van der Waals surface area contributed by atoms with Gasteiger partial charge in [-0.05, 0) is 12.1 Å².